The second kappa shape index (κ2) is 8.80. The smallest absolute Gasteiger partial charge is 0.416 e. The average Bonchev–Trinajstić information content (AvgIpc) is 2.36. The van der Waals surface area contributed by atoms with E-state index in [1.807, 2.05) is 0 Å². The summed E-state index contributed by atoms with van der Waals surface area (Å²) < 4.78 is 35.9. The van der Waals surface area contributed by atoms with Crippen LogP contribution >= 0.6 is 11.6 Å². The molecule has 0 saturated heterocycles. The van der Waals surface area contributed by atoms with Gasteiger partial charge in [0.05, 0.1) is 11.1 Å². The average molecular weight is 297 g/mol. The molecule has 0 aliphatic rings. The predicted molar refractivity (Wildman–Crippen MR) is 68.6 cm³/mol. The number of carboxylic acid groups (broad SMARTS) is 1. The summed E-state index contributed by atoms with van der Waals surface area (Å²) in [6.07, 6.45) is -0.689. The second-order valence-electron chi connectivity index (χ2n) is 3.78. The molecule has 0 atom stereocenters. The van der Waals surface area contributed by atoms with E-state index in [9.17, 15) is 18.0 Å². The molecule has 0 aliphatic carbocycles. The topological polar surface area (TPSA) is 37.3 Å². The van der Waals surface area contributed by atoms with E-state index in [2.05, 4.69) is 6.92 Å². The SMILES string of the molecule is CCCCCCl.O=C(O)c1ccc(C(F)(F)F)cc1. The van der Waals surface area contributed by atoms with Crippen molar-refractivity contribution in [1.29, 1.82) is 0 Å². The normalized spacial score (nSPS) is 10.6. The van der Waals surface area contributed by atoms with E-state index in [1.165, 1.54) is 19.3 Å². The first-order valence-corrected chi connectivity index (χ1v) is 6.32. The zero-order valence-corrected chi connectivity index (χ0v) is 11.3. The van der Waals surface area contributed by atoms with Crippen molar-refractivity contribution in [3.05, 3.63) is 35.4 Å². The maximum Gasteiger partial charge on any atom is 0.416 e. The molecule has 0 radical (unpaired) electrons. The Morgan fingerprint density at radius 3 is 2.00 bits per heavy atom. The molecule has 0 bridgehead atoms. The molecule has 2 nitrogen and oxygen atoms in total. The Kier molecular flexibility index (Phi) is 8.23. The number of rotatable bonds is 4. The monoisotopic (exact) mass is 296 g/mol. The molecule has 1 aromatic rings. The second-order valence-corrected chi connectivity index (χ2v) is 4.15. The van der Waals surface area contributed by atoms with Crippen LogP contribution in [0.1, 0.15) is 42.1 Å². The first kappa shape index (κ1) is 17.8. The highest BCUT2D eigenvalue weighted by Gasteiger charge is 2.30. The van der Waals surface area contributed by atoms with Gasteiger partial charge in [0, 0.05) is 5.88 Å². The molecule has 0 aliphatic heterocycles. The summed E-state index contributed by atoms with van der Waals surface area (Å²) >= 11 is 5.38. The number of alkyl halides is 4. The lowest BCUT2D eigenvalue weighted by molar-refractivity contribution is -0.137. The van der Waals surface area contributed by atoms with Gasteiger partial charge in [-0.05, 0) is 30.7 Å². The molecule has 1 N–H and O–H groups in total. The highest BCUT2D eigenvalue weighted by molar-refractivity contribution is 6.17. The van der Waals surface area contributed by atoms with Crippen LogP contribution in [0.5, 0.6) is 0 Å². The lowest BCUT2D eigenvalue weighted by Gasteiger charge is -2.05. The van der Waals surface area contributed by atoms with Crippen LogP contribution in [0.3, 0.4) is 0 Å². The highest BCUT2D eigenvalue weighted by atomic mass is 35.5. The van der Waals surface area contributed by atoms with Crippen molar-refractivity contribution in [2.45, 2.75) is 32.4 Å². The number of halogens is 4. The van der Waals surface area contributed by atoms with Crippen molar-refractivity contribution in [1.82, 2.24) is 0 Å². The fourth-order valence-electron chi connectivity index (χ4n) is 1.15. The van der Waals surface area contributed by atoms with Crippen molar-refractivity contribution in [3.8, 4) is 0 Å². The number of carboxylic acids is 1. The van der Waals surface area contributed by atoms with Crippen molar-refractivity contribution >= 4 is 17.6 Å². The summed E-state index contributed by atoms with van der Waals surface area (Å²) in [5.41, 5.74) is -1.01. The number of benzene rings is 1. The van der Waals surface area contributed by atoms with E-state index >= 15 is 0 Å². The Labute approximate surface area is 115 Å². The van der Waals surface area contributed by atoms with Gasteiger partial charge in [-0.15, -0.1) is 11.6 Å². The standard InChI is InChI=1S/C8H5F3O2.C5H11Cl/c9-8(10,11)6-3-1-5(2-4-6)7(12)13;1-2-3-4-5-6/h1-4H,(H,12,13);2-5H2,1H3. The third-order valence-electron chi connectivity index (χ3n) is 2.20. The summed E-state index contributed by atoms with van der Waals surface area (Å²) in [6.45, 7) is 2.17. The lowest BCUT2D eigenvalue weighted by Crippen LogP contribution is -2.05. The molecule has 0 heterocycles. The number of carbonyl (C=O) groups is 1. The van der Waals surface area contributed by atoms with Crippen LogP contribution in [-0.2, 0) is 6.18 Å². The first-order chi connectivity index (χ1) is 8.82. The molecule has 6 heteroatoms. The maximum atomic E-state index is 12.0. The van der Waals surface area contributed by atoms with E-state index in [4.69, 9.17) is 16.7 Å². The third-order valence-corrected chi connectivity index (χ3v) is 2.46. The largest absolute Gasteiger partial charge is 0.478 e. The maximum absolute atomic E-state index is 12.0. The summed E-state index contributed by atoms with van der Waals surface area (Å²) in [7, 11) is 0. The van der Waals surface area contributed by atoms with E-state index < -0.39 is 17.7 Å². The molecule has 108 valence electrons. The molecular weight excluding hydrogens is 281 g/mol. The molecule has 1 rings (SSSR count). The Morgan fingerprint density at radius 1 is 1.21 bits per heavy atom. The van der Waals surface area contributed by atoms with Crippen molar-refractivity contribution in [3.63, 3.8) is 0 Å². The van der Waals surface area contributed by atoms with E-state index in [1.54, 1.807) is 0 Å². The lowest BCUT2D eigenvalue weighted by atomic mass is 10.1. The zero-order valence-electron chi connectivity index (χ0n) is 10.5. The van der Waals surface area contributed by atoms with Gasteiger partial charge >= 0.3 is 12.1 Å². The minimum Gasteiger partial charge on any atom is -0.478 e. The van der Waals surface area contributed by atoms with Crippen LogP contribution in [-0.4, -0.2) is 17.0 Å². The van der Waals surface area contributed by atoms with Gasteiger partial charge in [0.2, 0.25) is 0 Å². The molecular formula is C13H16ClF3O2. The fraction of sp³-hybridized carbons (Fsp3) is 0.462. The van der Waals surface area contributed by atoms with E-state index in [0.717, 1.165) is 30.1 Å². The van der Waals surface area contributed by atoms with E-state index in [0.29, 0.717) is 0 Å². The minimum absolute atomic E-state index is 0.159. The van der Waals surface area contributed by atoms with Gasteiger partial charge in [-0.1, -0.05) is 19.8 Å². The van der Waals surface area contributed by atoms with E-state index in [-0.39, 0.29) is 5.56 Å². The van der Waals surface area contributed by atoms with Gasteiger partial charge in [0.1, 0.15) is 0 Å². The molecule has 0 saturated carbocycles. The van der Waals surface area contributed by atoms with Crippen LogP contribution in [0.25, 0.3) is 0 Å². The van der Waals surface area contributed by atoms with Crippen LogP contribution in [0, 0.1) is 0 Å². The van der Waals surface area contributed by atoms with Gasteiger partial charge in [-0.3, -0.25) is 0 Å². The third kappa shape index (κ3) is 7.72. The van der Waals surface area contributed by atoms with Crippen molar-refractivity contribution in [2.24, 2.45) is 0 Å². The summed E-state index contributed by atoms with van der Waals surface area (Å²) in [6, 6.07) is 3.32. The van der Waals surface area contributed by atoms with Crippen LogP contribution in [0.4, 0.5) is 13.2 Å². The molecule has 1 aromatic carbocycles. The molecule has 0 amide bonds. The Morgan fingerprint density at radius 2 is 1.74 bits per heavy atom. The van der Waals surface area contributed by atoms with Crippen LogP contribution < -0.4 is 0 Å². The molecule has 0 spiro atoms. The van der Waals surface area contributed by atoms with Gasteiger partial charge in [0.25, 0.3) is 0 Å². The first-order valence-electron chi connectivity index (χ1n) is 5.79. The number of unbranched alkanes of at least 4 members (excludes halogenated alkanes) is 2. The summed E-state index contributed by atoms with van der Waals surface area (Å²) in [4.78, 5) is 10.3. The minimum atomic E-state index is -4.42. The fourth-order valence-corrected chi connectivity index (χ4v) is 1.34. The number of aromatic carboxylic acids is 1. The van der Waals surface area contributed by atoms with Gasteiger partial charge < -0.3 is 5.11 Å². The van der Waals surface area contributed by atoms with Gasteiger partial charge in [-0.2, -0.15) is 13.2 Å². The zero-order chi connectivity index (χ0) is 14.9. The molecule has 0 aromatic heterocycles. The van der Waals surface area contributed by atoms with Crippen molar-refractivity contribution in [2.75, 3.05) is 5.88 Å². The van der Waals surface area contributed by atoms with Crippen molar-refractivity contribution < 1.29 is 23.1 Å². The summed E-state index contributed by atoms with van der Waals surface area (Å²) in [5, 5.41) is 8.40. The molecule has 0 unspecified atom stereocenters. The number of hydrogen-bond acceptors (Lipinski definition) is 1. The highest BCUT2D eigenvalue weighted by Crippen LogP contribution is 2.28. The Hall–Kier alpha value is -1.23. The van der Waals surface area contributed by atoms with Gasteiger partial charge in [-0.25, -0.2) is 4.79 Å². The molecule has 19 heavy (non-hydrogen) atoms. The Balaban J connectivity index is 0.000000459. The quantitative estimate of drug-likeness (QED) is 0.639. The summed E-state index contributed by atoms with van der Waals surface area (Å²) in [5.74, 6) is -0.415. The van der Waals surface area contributed by atoms with Crippen LogP contribution in [0.2, 0.25) is 0 Å². The number of hydrogen-bond donors (Lipinski definition) is 1. The van der Waals surface area contributed by atoms with Gasteiger partial charge in [0.15, 0.2) is 0 Å². The van der Waals surface area contributed by atoms with Crippen LogP contribution in [0.15, 0.2) is 24.3 Å². The molecule has 0 fully saturated rings. The Bertz CT molecular complexity index is 370. The predicted octanol–water partition coefficient (Wildman–Crippen LogP) is 4.82.